The van der Waals surface area contributed by atoms with E-state index in [9.17, 15) is 0 Å². The molecule has 0 saturated heterocycles. The standard InChI is InChI=1S/C61H45N3S2/c1-4-52-56-40-48(34-36-61(56)66-59(52)5-2)62(45-19-9-6-10-20-45)50-37-44(42-29-31-43(32-30-42)53-25-16-18-28-60(53)65-3)38-51(39-50)63(46-21-11-7-12-22-46)49-33-35-55-54-26-15-17-27-57(54)64(58(55)41-49)47-23-13-8-14-24-47/h4-41H,1-2H2,3H3. The van der Waals surface area contributed by atoms with E-state index in [1.165, 1.54) is 37.0 Å². The van der Waals surface area contributed by atoms with Gasteiger partial charge in [0.05, 0.1) is 11.0 Å². The molecule has 9 aromatic carbocycles. The predicted octanol–water partition coefficient (Wildman–Crippen LogP) is 18.3. The van der Waals surface area contributed by atoms with Gasteiger partial charge in [0.15, 0.2) is 0 Å². The molecule has 316 valence electrons. The molecule has 2 aromatic heterocycles. The normalized spacial score (nSPS) is 11.3. The van der Waals surface area contributed by atoms with Gasteiger partial charge in [0.25, 0.3) is 0 Å². The SMILES string of the molecule is C=Cc1sc2ccc(N(c3ccccc3)c3cc(-c4ccc(-c5ccccc5SC)cc4)cc(N(c4ccccc4)c4ccc5c6ccccc6n(-c6ccccc6)c5c4)c3)cc2c1C=C. The molecule has 0 unspecified atom stereocenters. The van der Waals surface area contributed by atoms with Gasteiger partial charge in [-0.1, -0.05) is 147 Å². The quantitative estimate of drug-likeness (QED) is 0.113. The van der Waals surface area contributed by atoms with Crippen LogP contribution >= 0.6 is 23.1 Å². The largest absolute Gasteiger partial charge is 0.310 e. The Morgan fingerprint density at radius 2 is 1.02 bits per heavy atom. The maximum absolute atomic E-state index is 4.21. The van der Waals surface area contributed by atoms with E-state index in [4.69, 9.17) is 0 Å². The topological polar surface area (TPSA) is 11.4 Å². The van der Waals surface area contributed by atoms with Gasteiger partial charge in [-0.15, -0.1) is 23.1 Å². The summed E-state index contributed by atoms with van der Waals surface area (Å²) in [5, 5.41) is 3.60. The molecule has 0 aliphatic rings. The van der Waals surface area contributed by atoms with Gasteiger partial charge in [-0.2, -0.15) is 0 Å². The summed E-state index contributed by atoms with van der Waals surface area (Å²) in [6, 6.07) is 79.2. The van der Waals surface area contributed by atoms with Crippen LogP contribution in [0.3, 0.4) is 0 Å². The minimum atomic E-state index is 1.03. The van der Waals surface area contributed by atoms with Crippen LogP contribution in [0.1, 0.15) is 10.4 Å². The maximum atomic E-state index is 4.21. The number of aromatic nitrogens is 1. The smallest absolute Gasteiger partial charge is 0.0561 e. The van der Waals surface area contributed by atoms with Gasteiger partial charge in [-0.3, -0.25) is 0 Å². The van der Waals surface area contributed by atoms with Crippen molar-refractivity contribution in [3.8, 4) is 27.9 Å². The Morgan fingerprint density at radius 1 is 0.439 bits per heavy atom. The molecule has 0 radical (unpaired) electrons. The van der Waals surface area contributed by atoms with E-state index in [2.05, 4.69) is 252 Å². The Labute approximate surface area is 394 Å². The Bertz CT molecular complexity index is 3550. The lowest BCUT2D eigenvalue weighted by Gasteiger charge is -2.30. The number of nitrogens with zero attached hydrogens (tertiary/aromatic N) is 3. The van der Waals surface area contributed by atoms with Crippen LogP contribution in [0.4, 0.5) is 34.1 Å². The molecular formula is C61H45N3S2. The molecule has 0 aliphatic heterocycles. The molecular weight excluding hydrogens is 839 g/mol. The highest BCUT2D eigenvalue weighted by molar-refractivity contribution is 7.98. The third kappa shape index (κ3) is 7.38. The number of benzene rings is 9. The van der Waals surface area contributed by atoms with Crippen LogP contribution in [-0.4, -0.2) is 10.8 Å². The van der Waals surface area contributed by atoms with Gasteiger partial charge in [0.2, 0.25) is 0 Å². The fraction of sp³-hybridized carbons (Fsp3) is 0.0164. The third-order valence-electron chi connectivity index (χ3n) is 12.4. The maximum Gasteiger partial charge on any atom is 0.0561 e. The Morgan fingerprint density at radius 3 is 1.68 bits per heavy atom. The minimum Gasteiger partial charge on any atom is -0.310 e. The van der Waals surface area contributed by atoms with Crippen molar-refractivity contribution in [2.24, 2.45) is 0 Å². The first-order chi connectivity index (χ1) is 32.6. The van der Waals surface area contributed by atoms with Crippen molar-refractivity contribution in [3.63, 3.8) is 0 Å². The Kier molecular flexibility index (Phi) is 10.9. The highest BCUT2D eigenvalue weighted by Gasteiger charge is 2.22. The molecule has 0 spiro atoms. The Hall–Kier alpha value is -7.83. The molecule has 0 fully saturated rings. The molecule has 11 aromatic rings. The van der Waals surface area contributed by atoms with Crippen LogP contribution in [0.2, 0.25) is 0 Å². The Balaban J connectivity index is 1.16. The minimum absolute atomic E-state index is 1.03. The van der Waals surface area contributed by atoms with Gasteiger partial charge in [-0.25, -0.2) is 0 Å². The van der Waals surface area contributed by atoms with Crippen molar-refractivity contribution in [2.75, 3.05) is 16.1 Å². The summed E-state index contributed by atoms with van der Waals surface area (Å²) in [7, 11) is 0. The third-order valence-corrected chi connectivity index (χ3v) is 14.4. The van der Waals surface area contributed by atoms with Crippen LogP contribution in [0, 0.1) is 0 Å². The fourth-order valence-electron chi connectivity index (χ4n) is 9.37. The van der Waals surface area contributed by atoms with E-state index in [1.807, 2.05) is 12.2 Å². The van der Waals surface area contributed by atoms with Crippen molar-refractivity contribution in [2.45, 2.75) is 4.90 Å². The van der Waals surface area contributed by atoms with Crippen molar-refractivity contribution in [1.29, 1.82) is 0 Å². The second-order valence-corrected chi connectivity index (χ2v) is 18.1. The number of thiophene rings is 1. The highest BCUT2D eigenvalue weighted by Crippen LogP contribution is 2.46. The van der Waals surface area contributed by atoms with Crippen LogP contribution in [-0.2, 0) is 0 Å². The van der Waals surface area contributed by atoms with Crippen LogP contribution in [0.15, 0.2) is 236 Å². The van der Waals surface area contributed by atoms with Gasteiger partial charge in [-0.05, 0) is 131 Å². The summed E-state index contributed by atoms with van der Waals surface area (Å²) in [4.78, 5) is 7.17. The van der Waals surface area contributed by atoms with Crippen molar-refractivity contribution < 1.29 is 0 Å². The molecule has 0 saturated carbocycles. The van der Waals surface area contributed by atoms with Crippen molar-refractivity contribution in [3.05, 3.63) is 242 Å². The number of hydrogen-bond acceptors (Lipinski definition) is 4. The van der Waals surface area contributed by atoms with Crippen molar-refractivity contribution in [1.82, 2.24) is 4.57 Å². The van der Waals surface area contributed by atoms with Gasteiger partial charge < -0.3 is 14.4 Å². The monoisotopic (exact) mass is 883 g/mol. The number of fused-ring (bicyclic) bond motifs is 4. The molecule has 5 heteroatoms. The van der Waals surface area contributed by atoms with E-state index in [0.29, 0.717) is 0 Å². The lowest BCUT2D eigenvalue weighted by Crippen LogP contribution is -2.13. The van der Waals surface area contributed by atoms with Crippen LogP contribution in [0.5, 0.6) is 0 Å². The van der Waals surface area contributed by atoms with E-state index in [0.717, 1.165) is 72.3 Å². The molecule has 3 nitrogen and oxygen atoms in total. The lowest BCUT2D eigenvalue weighted by atomic mass is 9.98. The summed E-state index contributed by atoms with van der Waals surface area (Å²) in [6.07, 6.45) is 6.03. The van der Waals surface area contributed by atoms with Crippen molar-refractivity contribution >= 4 is 101 Å². The first-order valence-corrected chi connectivity index (χ1v) is 24.1. The van der Waals surface area contributed by atoms with E-state index in [-0.39, 0.29) is 0 Å². The number of anilines is 6. The zero-order valence-corrected chi connectivity index (χ0v) is 38.1. The second kappa shape index (κ2) is 17.6. The van der Waals surface area contributed by atoms with Gasteiger partial charge >= 0.3 is 0 Å². The number of hydrogen-bond donors (Lipinski definition) is 0. The van der Waals surface area contributed by atoms with E-state index >= 15 is 0 Å². The van der Waals surface area contributed by atoms with Gasteiger partial charge in [0, 0.05) is 70.4 Å². The van der Waals surface area contributed by atoms with E-state index in [1.54, 1.807) is 23.1 Å². The molecule has 2 heterocycles. The van der Waals surface area contributed by atoms with Crippen LogP contribution < -0.4 is 9.80 Å². The molecule has 0 aliphatic carbocycles. The zero-order valence-electron chi connectivity index (χ0n) is 36.5. The molecule has 11 rings (SSSR count). The summed E-state index contributed by atoms with van der Waals surface area (Å²) in [6.45, 7) is 8.34. The average molecular weight is 884 g/mol. The summed E-state index contributed by atoms with van der Waals surface area (Å²) in [5.41, 5.74) is 15.5. The predicted molar refractivity (Wildman–Crippen MR) is 288 cm³/mol. The number of para-hydroxylation sites is 4. The first-order valence-electron chi connectivity index (χ1n) is 22.1. The molecule has 0 amide bonds. The highest BCUT2D eigenvalue weighted by atomic mass is 32.2. The molecule has 0 bridgehead atoms. The summed E-state index contributed by atoms with van der Waals surface area (Å²) < 4.78 is 3.59. The molecule has 0 N–H and O–H groups in total. The summed E-state index contributed by atoms with van der Waals surface area (Å²) in [5.74, 6) is 0. The first kappa shape index (κ1) is 40.9. The van der Waals surface area contributed by atoms with E-state index < -0.39 is 0 Å². The fourth-order valence-corrected chi connectivity index (χ4v) is 11.0. The summed E-state index contributed by atoms with van der Waals surface area (Å²) >= 11 is 3.52. The van der Waals surface area contributed by atoms with Gasteiger partial charge in [0.1, 0.15) is 0 Å². The second-order valence-electron chi connectivity index (χ2n) is 16.2. The molecule has 66 heavy (non-hydrogen) atoms. The average Bonchev–Trinajstić information content (AvgIpc) is 3.92. The number of thioether (sulfide) groups is 1. The zero-order chi connectivity index (χ0) is 44.6. The molecule has 0 atom stereocenters. The number of rotatable bonds is 12. The van der Waals surface area contributed by atoms with Crippen LogP contribution in [0.25, 0.3) is 72.0 Å². The lowest BCUT2D eigenvalue weighted by molar-refractivity contribution is 1.18.